The number of non-ortho nitro benzene ring substituents is 1. The molecule has 20 heteroatoms. The summed E-state index contributed by atoms with van der Waals surface area (Å²) in [5, 5.41) is 24.8. The second kappa shape index (κ2) is 23.9. The minimum atomic E-state index is -2.33. The summed E-state index contributed by atoms with van der Waals surface area (Å²) in [5.74, 6) is -1.56. The zero-order valence-electron chi connectivity index (χ0n) is 44.0. The number of aliphatic hydroxyl groups is 1. The van der Waals surface area contributed by atoms with Crippen LogP contribution < -0.4 is 19.9 Å². The number of carbonyl (C=O) groups is 6. The smallest absolute Gasteiger partial charge is 0.421 e. The summed E-state index contributed by atoms with van der Waals surface area (Å²) in [7, 11) is 2.24. The van der Waals surface area contributed by atoms with Gasteiger partial charge in [-0.05, 0) is 82.9 Å². The number of aliphatic hydroxyl groups excluding tert-OH is 1. The highest BCUT2D eigenvalue weighted by molar-refractivity contribution is 6.24. The lowest BCUT2D eigenvalue weighted by Gasteiger charge is -2.46. The standard InChI is InChI=1S/C61H55N5O15/c1-76-56(69)46(57(70)77-2)18-11-12-38-22-29-48-47(36-38)61(59(72)64(48)60(73)80-37-39-20-25-44(26-21-39)66(74)75)50(55(68)62-42-23-27-43(28-24-42)63-30-33-78-34-31-63)52-58(71)81-53(41-15-7-4-8-16-41)51(40-13-5-3-6-14-40)65(52)54(61)45-17-9-10-19-49(45)79-35-32-67/h3-10,13-17,19-29,36,46,50-54,67H,18,30-35,37H2,1-2H3,(H,62,68)/t50-,51-,52-,53+,54+,61-/m1/s1. The summed E-state index contributed by atoms with van der Waals surface area (Å²) >= 11 is 0. The number of para-hydroxylation sites is 1. The molecule has 20 nitrogen and oxygen atoms in total. The van der Waals surface area contributed by atoms with E-state index >= 15 is 19.2 Å². The molecular weight excluding hydrogens is 1040 g/mol. The number of methoxy groups -OCH3 is 2. The van der Waals surface area contributed by atoms with E-state index < -0.39 is 95.4 Å². The van der Waals surface area contributed by atoms with Crippen molar-refractivity contribution in [3.8, 4) is 17.6 Å². The van der Waals surface area contributed by atoms with Crippen molar-refractivity contribution in [2.45, 2.75) is 42.7 Å². The van der Waals surface area contributed by atoms with Gasteiger partial charge in [-0.15, -0.1) is 0 Å². The molecule has 0 radical (unpaired) electrons. The van der Waals surface area contributed by atoms with Gasteiger partial charge in [-0.1, -0.05) is 90.7 Å². The second-order valence-corrected chi connectivity index (χ2v) is 19.5. The van der Waals surface area contributed by atoms with Crippen LogP contribution in [0.2, 0.25) is 0 Å². The monoisotopic (exact) mass is 1100 g/mol. The predicted molar refractivity (Wildman–Crippen MR) is 291 cm³/mol. The van der Waals surface area contributed by atoms with Crippen molar-refractivity contribution in [3.63, 3.8) is 0 Å². The number of nitrogens with one attached hydrogen (secondary N) is 1. The number of ether oxygens (including phenoxy) is 6. The molecule has 414 valence electrons. The number of rotatable bonds is 15. The fraction of sp³-hybridized carbons (Fsp3) is 0.279. The fourth-order valence-electron chi connectivity index (χ4n) is 11.5. The number of hydrogen-bond donors (Lipinski definition) is 2. The van der Waals surface area contributed by atoms with Gasteiger partial charge in [0.2, 0.25) is 11.8 Å². The number of anilines is 3. The molecule has 4 aliphatic heterocycles. The number of hydrogen-bond acceptors (Lipinski definition) is 17. The van der Waals surface area contributed by atoms with E-state index in [0.29, 0.717) is 54.2 Å². The highest BCUT2D eigenvalue weighted by Gasteiger charge is 2.76. The van der Waals surface area contributed by atoms with Gasteiger partial charge in [-0.25, -0.2) is 9.69 Å². The third kappa shape index (κ3) is 10.5. The second-order valence-electron chi connectivity index (χ2n) is 19.5. The molecular formula is C61H55N5O15. The van der Waals surface area contributed by atoms with Gasteiger partial charge < -0.3 is 43.7 Å². The Kier molecular flexibility index (Phi) is 16.2. The van der Waals surface area contributed by atoms with E-state index in [9.17, 15) is 24.8 Å². The van der Waals surface area contributed by atoms with Crippen molar-refractivity contribution >= 4 is 58.6 Å². The van der Waals surface area contributed by atoms with Crippen LogP contribution in [0.1, 0.15) is 58.0 Å². The van der Waals surface area contributed by atoms with Crippen molar-refractivity contribution in [1.82, 2.24) is 4.90 Å². The Morgan fingerprint density at radius 1 is 0.815 bits per heavy atom. The summed E-state index contributed by atoms with van der Waals surface area (Å²) in [6.45, 7) is 1.29. The van der Waals surface area contributed by atoms with Crippen LogP contribution in [0.25, 0.3) is 0 Å². The normalized spacial score (nSPS) is 21.0. The van der Waals surface area contributed by atoms with Crippen LogP contribution in [0.3, 0.4) is 0 Å². The number of cyclic esters (lactones) is 1. The van der Waals surface area contributed by atoms with Crippen LogP contribution in [-0.4, -0.2) is 111 Å². The number of morpholine rings is 2. The van der Waals surface area contributed by atoms with Crippen molar-refractivity contribution < 1.29 is 67.2 Å². The Morgan fingerprint density at radius 3 is 2.12 bits per heavy atom. The van der Waals surface area contributed by atoms with E-state index in [2.05, 4.69) is 22.1 Å². The largest absolute Gasteiger partial charge is 0.491 e. The zero-order chi connectivity index (χ0) is 56.8. The molecule has 0 aliphatic carbocycles. The molecule has 6 aromatic rings. The molecule has 4 heterocycles. The molecule has 0 saturated carbocycles. The lowest BCUT2D eigenvalue weighted by Crippen LogP contribution is -2.54. The first-order valence-corrected chi connectivity index (χ1v) is 26.1. The molecule has 0 bridgehead atoms. The number of esters is 3. The molecule has 10 rings (SSSR count). The maximum atomic E-state index is 16.9. The number of imide groups is 1. The maximum Gasteiger partial charge on any atom is 0.421 e. The van der Waals surface area contributed by atoms with Crippen LogP contribution in [0, 0.1) is 33.8 Å². The first kappa shape index (κ1) is 54.9. The van der Waals surface area contributed by atoms with E-state index in [1.54, 1.807) is 48.5 Å². The number of fused-ring (bicyclic) bond motifs is 3. The van der Waals surface area contributed by atoms with E-state index in [1.807, 2.05) is 65.6 Å². The average molecular weight is 1100 g/mol. The van der Waals surface area contributed by atoms with E-state index in [0.717, 1.165) is 24.8 Å². The maximum absolute atomic E-state index is 16.9. The molecule has 3 saturated heterocycles. The van der Waals surface area contributed by atoms with Crippen LogP contribution in [0.4, 0.5) is 27.5 Å². The summed E-state index contributed by atoms with van der Waals surface area (Å²) in [4.78, 5) is 105. The van der Waals surface area contributed by atoms with Crippen LogP contribution >= 0.6 is 0 Å². The minimum absolute atomic E-state index is 0.0447. The van der Waals surface area contributed by atoms with E-state index in [4.69, 9.17) is 28.4 Å². The predicted octanol–water partition coefficient (Wildman–Crippen LogP) is 7.15. The fourth-order valence-corrected chi connectivity index (χ4v) is 11.5. The molecule has 81 heavy (non-hydrogen) atoms. The molecule has 2 N–H and O–H groups in total. The minimum Gasteiger partial charge on any atom is -0.491 e. The Balaban J connectivity index is 1.23. The highest BCUT2D eigenvalue weighted by Crippen LogP contribution is 2.67. The van der Waals surface area contributed by atoms with Crippen LogP contribution in [-0.2, 0) is 59.7 Å². The summed E-state index contributed by atoms with van der Waals surface area (Å²) in [5.41, 5.74) is 0.721. The number of nitrogens with zero attached hydrogens (tertiary/aromatic N) is 4. The molecule has 3 amide bonds. The SMILES string of the molecule is COC(=O)C(CC#Cc1ccc2c(c1)[C@]1(C(=O)N2C(=O)OCc2ccc([N+](=O)[O-])cc2)[C@H](c2ccccc2OCCO)N2[C@H](c3ccccc3)[C@H](c3ccccc3)OC(=O)[C@H]2[C@@H]1C(=O)Nc1ccc(N2CCOCC2)cc1)C(=O)OC. The van der Waals surface area contributed by atoms with Crippen molar-refractivity contribution in [3.05, 3.63) is 195 Å². The first-order valence-electron chi connectivity index (χ1n) is 26.1. The van der Waals surface area contributed by atoms with Gasteiger partial charge in [0.15, 0.2) is 5.92 Å². The van der Waals surface area contributed by atoms with Crippen LogP contribution in [0.15, 0.2) is 152 Å². The van der Waals surface area contributed by atoms with Gasteiger partial charge in [-0.3, -0.25) is 39.0 Å². The first-order chi connectivity index (χ1) is 39.4. The van der Waals surface area contributed by atoms with Gasteiger partial charge >= 0.3 is 24.0 Å². The Labute approximate surface area is 465 Å². The van der Waals surface area contributed by atoms with Crippen molar-refractivity contribution in [2.75, 3.05) is 68.9 Å². The number of benzene rings is 6. The molecule has 6 atom stereocenters. The lowest BCUT2D eigenvalue weighted by atomic mass is 9.65. The summed E-state index contributed by atoms with van der Waals surface area (Å²) in [6.07, 6.45) is -2.60. The molecule has 0 aromatic heterocycles. The summed E-state index contributed by atoms with van der Waals surface area (Å²) < 4.78 is 34.2. The van der Waals surface area contributed by atoms with E-state index in [-0.39, 0.29) is 41.3 Å². The van der Waals surface area contributed by atoms with Crippen molar-refractivity contribution in [1.29, 1.82) is 0 Å². The topological polar surface area (TPSA) is 243 Å². The zero-order valence-corrected chi connectivity index (χ0v) is 44.0. The Hall–Kier alpha value is -9.42. The van der Waals surface area contributed by atoms with Gasteiger partial charge in [0.25, 0.3) is 5.69 Å². The van der Waals surface area contributed by atoms with E-state index in [1.165, 1.54) is 42.5 Å². The average Bonchev–Trinajstić information content (AvgIpc) is 1.86. The number of nitro groups is 1. The number of nitro benzene ring substituents is 1. The molecule has 0 unspecified atom stereocenters. The molecule has 4 aliphatic rings. The van der Waals surface area contributed by atoms with Crippen molar-refractivity contribution in [2.24, 2.45) is 11.8 Å². The third-order valence-electron chi connectivity index (χ3n) is 15.0. The lowest BCUT2D eigenvalue weighted by molar-refractivity contribution is -0.384. The molecule has 3 fully saturated rings. The Morgan fingerprint density at radius 2 is 1.47 bits per heavy atom. The third-order valence-corrected chi connectivity index (χ3v) is 15.0. The molecule has 1 spiro atoms. The number of carbonyl (C=O) groups excluding carboxylic acids is 6. The quantitative estimate of drug-likeness (QED) is 0.0259. The van der Waals surface area contributed by atoms with Gasteiger partial charge in [0.05, 0.1) is 62.7 Å². The highest BCUT2D eigenvalue weighted by atomic mass is 16.6. The number of amides is 3. The Bertz CT molecular complexity index is 3400. The van der Waals surface area contributed by atoms with Gasteiger partial charge in [-0.2, -0.15) is 0 Å². The van der Waals surface area contributed by atoms with Gasteiger partial charge in [0, 0.05) is 54.1 Å². The van der Waals surface area contributed by atoms with Crippen LogP contribution in [0.5, 0.6) is 5.75 Å². The molecule has 6 aromatic carbocycles. The van der Waals surface area contributed by atoms with Gasteiger partial charge in [0.1, 0.15) is 36.5 Å². The summed E-state index contributed by atoms with van der Waals surface area (Å²) in [6, 6.07) is 37.9.